The highest BCUT2D eigenvalue weighted by atomic mass is 16.7. The number of ether oxygens (including phenoxy) is 1. The van der Waals surface area contributed by atoms with Crippen LogP contribution in [0.3, 0.4) is 0 Å². The second-order valence-electron chi connectivity index (χ2n) is 6.78. The van der Waals surface area contributed by atoms with Crippen molar-refractivity contribution in [3.8, 4) is 16.9 Å². The molecule has 0 unspecified atom stereocenters. The molecule has 1 aliphatic rings. The van der Waals surface area contributed by atoms with Crippen LogP contribution in [0.4, 0.5) is 0 Å². The predicted octanol–water partition coefficient (Wildman–Crippen LogP) is 4.26. The SMILES string of the molecule is C=CC=C(C=C)COc1ccc(-c2ccncc2)cc1C(=O)NC1=C(C)ON(C)C1. The molecule has 6 nitrogen and oxygen atoms in total. The largest absolute Gasteiger partial charge is 0.488 e. The van der Waals surface area contributed by atoms with Crippen LogP contribution in [0.2, 0.25) is 0 Å². The van der Waals surface area contributed by atoms with E-state index in [9.17, 15) is 4.79 Å². The van der Waals surface area contributed by atoms with Gasteiger partial charge in [0.25, 0.3) is 5.91 Å². The van der Waals surface area contributed by atoms with Gasteiger partial charge in [-0.2, -0.15) is 0 Å². The highest BCUT2D eigenvalue weighted by Crippen LogP contribution is 2.28. The molecular formula is C24H25N3O3. The third kappa shape index (κ3) is 5.04. The number of nitrogens with zero attached hydrogens (tertiary/aromatic N) is 2. The van der Waals surface area contributed by atoms with Crippen molar-refractivity contribution in [2.45, 2.75) is 6.92 Å². The van der Waals surface area contributed by atoms with Crippen molar-refractivity contribution in [1.29, 1.82) is 0 Å². The zero-order chi connectivity index (χ0) is 21.5. The minimum absolute atomic E-state index is 0.262. The second-order valence-corrected chi connectivity index (χ2v) is 6.78. The number of nitrogens with one attached hydrogen (secondary N) is 1. The molecule has 0 bridgehead atoms. The van der Waals surface area contributed by atoms with Crippen molar-refractivity contribution in [2.75, 3.05) is 20.2 Å². The molecule has 3 rings (SSSR count). The van der Waals surface area contributed by atoms with Gasteiger partial charge < -0.3 is 14.9 Å². The van der Waals surface area contributed by atoms with Crippen LogP contribution in [-0.4, -0.2) is 36.2 Å². The van der Waals surface area contributed by atoms with Crippen LogP contribution < -0.4 is 10.1 Å². The number of carbonyl (C=O) groups excluding carboxylic acids is 1. The Kier molecular flexibility index (Phi) is 6.83. The summed E-state index contributed by atoms with van der Waals surface area (Å²) < 4.78 is 5.95. The Morgan fingerprint density at radius 2 is 2.03 bits per heavy atom. The van der Waals surface area contributed by atoms with E-state index in [2.05, 4.69) is 23.5 Å². The zero-order valence-electron chi connectivity index (χ0n) is 17.2. The van der Waals surface area contributed by atoms with Gasteiger partial charge in [-0.1, -0.05) is 37.5 Å². The maximum Gasteiger partial charge on any atom is 0.259 e. The number of aromatic nitrogens is 1. The van der Waals surface area contributed by atoms with E-state index in [1.54, 1.807) is 35.7 Å². The van der Waals surface area contributed by atoms with Gasteiger partial charge in [-0.05, 0) is 47.9 Å². The first-order valence-electron chi connectivity index (χ1n) is 9.53. The molecule has 0 aliphatic carbocycles. The Balaban J connectivity index is 1.92. The summed E-state index contributed by atoms with van der Waals surface area (Å²) in [5.41, 5.74) is 3.87. The quantitative estimate of drug-likeness (QED) is 0.667. The Bertz CT molecular complexity index is 1010. The summed E-state index contributed by atoms with van der Waals surface area (Å²) >= 11 is 0. The fourth-order valence-corrected chi connectivity index (χ4v) is 3.03. The molecule has 1 aliphatic heterocycles. The normalized spacial score (nSPS) is 14.3. The van der Waals surface area contributed by atoms with Crippen molar-refractivity contribution in [3.63, 3.8) is 0 Å². The van der Waals surface area contributed by atoms with Gasteiger partial charge in [-0.3, -0.25) is 9.78 Å². The first-order valence-corrected chi connectivity index (χ1v) is 9.53. The van der Waals surface area contributed by atoms with Gasteiger partial charge >= 0.3 is 0 Å². The highest BCUT2D eigenvalue weighted by Gasteiger charge is 2.22. The van der Waals surface area contributed by atoms with Crippen molar-refractivity contribution in [3.05, 3.63) is 96.7 Å². The van der Waals surface area contributed by atoms with E-state index in [1.165, 1.54) is 0 Å². The number of carbonyl (C=O) groups is 1. The lowest BCUT2D eigenvalue weighted by atomic mass is 10.0. The molecule has 1 aromatic carbocycles. The lowest BCUT2D eigenvalue weighted by Gasteiger charge is -2.14. The monoisotopic (exact) mass is 403 g/mol. The third-order valence-corrected chi connectivity index (χ3v) is 4.59. The average Bonchev–Trinajstić information content (AvgIpc) is 3.08. The summed E-state index contributed by atoms with van der Waals surface area (Å²) in [6.07, 6.45) is 8.63. The molecule has 0 atom stereocenters. The van der Waals surface area contributed by atoms with Crippen molar-refractivity contribution >= 4 is 5.91 Å². The highest BCUT2D eigenvalue weighted by molar-refractivity contribution is 5.99. The molecule has 0 fully saturated rings. The van der Waals surface area contributed by atoms with E-state index < -0.39 is 0 Å². The number of rotatable bonds is 8. The molecular weight excluding hydrogens is 378 g/mol. The molecule has 0 spiro atoms. The summed E-state index contributed by atoms with van der Waals surface area (Å²) in [6, 6.07) is 9.33. The molecule has 2 aromatic rings. The van der Waals surface area contributed by atoms with Crippen LogP contribution >= 0.6 is 0 Å². The maximum atomic E-state index is 13.1. The Morgan fingerprint density at radius 3 is 2.67 bits per heavy atom. The molecule has 6 heteroatoms. The Hall–Kier alpha value is -3.64. The summed E-state index contributed by atoms with van der Waals surface area (Å²) in [5, 5.41) is 4.61. The third-order valence-electron chi connectivity index (χ3n) is 4.59. The van der Waals surface area contributed by atoms with Crippen molar-refractivity contribution in [1.82, 2.24) is 15.4 Å². The van der Waals surface area contributed by atoms with Gasteiger partial charge in [-0.15, -0.1) is 5.06 Å². The number of pyridine rings is 1. The average molecular weight is 403 g/mol. The van der Waals surface area contributed by atoms with Crippen molar-refractivity contribution < 1.29 is 14.4 Å². The van der Waals surface area contributed by atoms with Gasteiger partial charge in [0.05, 0.1) is 17.8 Å². The molecule has 0 saturated heterocycles. The molecule has 1 N–H and O–H groups in total. The lowest BCUT2D eigenvalue weighted by molar-refractivity contribution is -0.0658. The van der Waals surface area contributed by atoms with E-state index in [4.69, 9.17) is 9.57 Å². The topological polar surface area (TPSA) is 63.7 Å². The van der Waals surface area contributed by atoms with E-state index in [0.29, 0.717) is 23.6 Å². The van der Waals surface area contributed by atoms with Gasteiger partial charge in [-0.25, -0.2) is 0 Å². The molecule has 0 radical (unpaired) electrons. The number of likely N-dealkylation sites (N-methyl/N-ethyl adjacent to an activating group) is 1. The molecule has 1 aromatic heterocycles. The van der Waals surface area contributed by atoms with Gasteiger partial charge in [0.2, 0.25) is 0 Å². The summed E-state index contributed by atoms with van der Waals surface area (Å²) in [7, 11) is 1.81. The van der Waals surface area contributed by atoms with Crippen LogP contribution in [0, 0.1) is 0 Å². The van der Waals surface area contributed by atoms with Gasteiger partial charge in [0.15, 0.2) is 0 Å². The minimum Gasteiger partial charge on any atom is -0.488 e. The van der Waals surface area contributed by atoms with E-state index in [-0.39, 0.29) is 12.5 Å². The molecule has 154 valence electrons. The van der Waals surface area contributed by atoms with Crippen molar-refractivity contribution in [2.24, 2.45) is 0 Å². The van der Waals surface area contributed by atoms with Crippen LogP contribution in [-0.2, 0) is 4.84 Å². The smallest absolute Gasteiger partial charge is 0.259 e. The predicted molar refractivity (Wildman–Crippen MR) is 118 cm³/mol. The fourth-order valence-electron chi connectivity index (χ4n) is 3.03. The van der Waals surface area contributed by atoms with Crippen LogP contribution in [0.1, 0.15) is 17.3 Å². The van der Waals surface area contributed by atoms with E-state index >= 15 is 0 Å². The summed E-state index contributed by atoms with van der Waals surface area (Å²) in [5.74, 6) is 0.885. The van der Waals surface area contributed by atoms with Crippen LogP contribution in [0.25, 0.3) is 11.1 Å². The molecule has 1 amide bonds. The van der Waals surface area contributed by atoms with Gasteiger partial charge in [0, 0.05) is 19.4 Å². The zero-order valence-corrected chi connectivity index (χ0v) is 17.2. The summed E-state index contributed by atoms with van der Waals surface area (Å²) in [4.78, 5) is 22.7. The Morgan fingerprint density at radius 1 is 1.27 bits per heavy atom. The fraction of sp³-hybridized carbons (Fsp3) is 0.167. The maximum absolute atomic E-state index is 13.1. The second kappa shape index (κ2) is 9.71. The number of allylic oxidation sites excluding steroid dienone is 3. The van der Waals surface area contributed by atoms with Crippen LogP contribution in [0.5, 0.6) is 5.75 Å². The lowest BCUT2D eigenvalue weighted by Crippen LogP contribution is -2.27. The first-order chi connectivity index (χ1) is 14.5. The molecule has 30 heavy (non-hydrogen) atoms. The molecule has 2 heterocycles. The number of hydrogen-bond donors (Lipinski definition) is 1. The standard InChI is InChI=1S/C24H25N3O3/c1-5-7-18(6-2)16-29-23-9-8-20(19-10-12-25-13-11-19)14-21(23)24(28)26-22-15-27(4)30-17(22)3/h5-14H,1-2,15-16H2,3-4H3,(H,26,28). The van der Waals surface area contributed by atoms with E-state index in [0.717, 1.165) is 22.4 Å². The number of hydroxylamine groups is 2. The van der Waals surface area contributed by atoms with Gasteiger partial charge in [0.1, 0.15) is 18.1 Å². The summed E-state index contributed by atoms with van der Waals surface area (Å²) in [6.45, 7) is 10.1. The van der Waals surface area contributed by atoms with Crippen LogP contribution in [0.15, 0.2) is 91.1 Å². The first kappa shape index (κ1) is 21.1. The number of amides is 1. The number of benzene rings is 1. The van der Waals surface area contributed by atoms with E-state index in [1.807, 2.05) is 44.3 Å². The minimum atomic E-state index is -0.262. The molecule has 0 saturated carbocycles. The number of hydrogen-bond acceptors (Lipinski definition) is 5. The Labute approximate surface area is 176 Å².